The molecule has 1 fully saturated rings. The van der Waals surface area contributed by atoms with Crippen LogP contribution in [0.5, 0.6) is 11.6 Å². The Labute approximate surface area is 126 Å². The zero-order valence-corrected chi connectivity index (χ0v) is 11.6. The lowest BCUT2D eigenvalue weighted by Crippen LogP contribution is -2.00. The van der Waals surface area contributed by atoms with Crippen LogP contribution in [0.3, 0.4) is 0 Å². The molecule has 0 radical (unpaired) electrons. The van der Waals surface area contributed by atoms with Crippen molar-refractivity contribution < 1.29 is 19.4 Å². The van der Waals surface area contributed by atoms with Gasteiger partial charge in [0.25, 0.3) is 5.88 Å². The number of hydrogen-bond acceptors (Lipinski definition) is 5. The Hall–Kier alpha value is -2.85. The minimum Gasteiger partial charge on any atom is -0.476 e. The number of aromatic carboxylic acids is 1. The van der Waals surface area contributed by atoms with E-state index in [1.165, 1.54) is 0 Å². The number of rotatable bonds is 3. The van der Waals surface area contributed by atoms with Crippen molar-refractivity contribution in [3.8, 4) is 23.5 Å². The second-order valence-electron chi connectivity index (χ2n) is 4.70. The van der Waals surface area contributed by atoms with Gasteiger partial charge in [-0.2, -0.15) is 0 Å². The number of carboxylic acids is 1. The van der Waals surface area contributed by atoms with E-state index in [-0.39, 0.29) is 17.7 Å². The van der Waals surface area contributed by atoms with Crippen LogP contribution in [-0.2, 0) is 4.74 Å². The molecule has 2 aromatic rings. The summed E-state index contributed by atoms with van der Waals surface area (Å²) in [7, 11) is 0. The second kappa shape index (κ2) is 6.28. The van der Waals surface area contributed by atoms with Gasteiger partial charge >= 0.3 is 5.97 Å². The van der Waals surface area contributed by atoms with E-state index in [9.17, 15) is 4.79 Å². The molecule has 7 heteroatoms. The SMILES string of the molecule is O=C(O)c1nn[nH]c1Oc1cccc(C#CC2CCCO2)c1. The monoisotopic (exact) mass is 299 g/mol. The van der Waals surface area contributed by atoms with Gasteiger partial charge in [0.15, 0.2) is 0 Å². The summed E-state index contributed by atoms with van der Waals surface area (Å²) < 4.78 is 10.9. The molecule has 0 amide bonds. The first-order valence-corrected chi connectivity index (χ1v) is 6.78. The number of carbonyl (C=O) groups is 1. The molecule has 2 N–H and O–H groups in total. The van der Waals surface area contributed by atoms with Gasteiger partial charge in [-0.3, -0.25) is 0 Å². The zero-order valence-electron chi connectivity index (χ0n) is 11.6. The van der Waals surface area contributed by atoms with Gasteiger partial charge in [0, 0.05) is 12.2 Å². The Kier molecular flexibility index (Phi) is 4.03. The van der Waals surface area contributed by atoms with Gasteiger partial charge < -0.3 is 14.6 Å². The maximum absolute atomic E-state index is 11.0. The first-order valence-electron chi connectivity index (χ1n) is 6.78. The highest BCUT2D eigenvalue weighted by molar-refractivity contribution is 5.87. The Balaban J connectivity index is 1.76. The summed E-state index contributed by atoms with van der Waals surface area (Å²) in [5.41, 5.74) is 0.494. The molecule has 1 aromatic heterocycles. The predicted octanol–water partition coefficient (Wildman–Crippen LogP) is 1.83. The molecular formula is C15H13N3O4. The molecule has 0 spiro atoms. The standard InChI is InChI=1S/C15H13N3O4/c19-15(20)13-14(17-18-16-13)22-12-4-1-3-10(9-12)6-7-11-5-2-8-21-11/h1,3-4,9,11H,2,5,8H2,(H,19,20)(H,16,17,18). The Bertz CT molecular complexity index is 738. The quantitative estimate of drug-likeness (QED) is 0.839. The molecule has 1 atom stereocenters. The van der Waals surface area contributed by atoms with Gasteiger partial charge in [-0.05, 0) is 31.0 Å². The van der Waals surface area contributed by atoms with Crippen LogP contribution >= 0.6 is 0 Å². The van der Waals surface area contributed by atoms with Gasteiger partial charge in [0.2, 0.25) is 5.69 Å². The Morgan fingerprint density at radius 3 is 3.18 bits per heavy atom. The van der Waals surface area contributed by atoms with Crippen LogP contribution in [0, 0.1) is 11.8 Å². The predicted molar refractivity (Wildman–Crippen MR) is 75.7 cm³/mol. The maximum Gasteiger partial charge on any atom is 0.362 e. The van der Waals surface area contributed by atoms with E-state index in [1.807, 2.05) is 6.07 Å². The number of carboxylic acid groups (broad SMARTS) is 1. The summed E-state index contributed by atoms with van der Waals surface area (Å²) in [5, 5.41) is 18.2. The van der Waals surface area contributed by atoms with Crippen molar-refractivity contribution in [2.75, 3.05) is 6.61 Å². The molecule has 0 bridgehead atoms. The molecule has 1 aromatic carbocycles. The number of nitrogens with one attached hydrogen (secondary N) is 1. The number of hydrogen-bond donors (Lipinski definition) is 2. The van der Waals surface area contributed by atoms with Crippen molar-refractivity contribution in [1.82, 2.24) is 15.4 Å². The van der Waals surface area contributed by atoms with Crippen molar-refractivity contribution in [1.29, 1.82) is 0 Å². The summed E-state index contributed by atoms with van der Waals surface area (Å²) in [6.07, 6.45) is 1.97. The van der Waals surface area contributed by atoms with Crippen molar-refractivity contribution in [2.24, 2.45) is 0 Å². The molecule has 1 unspecified atom stereocenters. The average Bonchev–Trinajstić information content (AvgIpc) is 3.16. The van der Waals surface area contributed by atoms with Gasteiger partial charge in [-0.25, -0.2) is 9.89 Å². The van der Waals surface area contributed by atoms with E-state index >= 15 is 0 Å². The Morgan fingerprint density at radius 2 is 2.41 bits per heavy atom. The van der Waals surface area contributed by atoms with Crippen LogP contribution in [-0.4, -0.2) is 39.2 Å². The number of ether oxygens (including phenoxy) is 2. The van der Waals surface area contributed by atoms with Gasteiger partial charge in [-0.15, -0.1) is 5.10 Å². The summed E-state index contributed by atoms with van der Waals surface area (Å²) in [4.78, 5) is 11.0. The molecular weight excluding hydrogens is 286 g/mol. The number of nitrogens with zero attached hydrogens (tertiary/aromatic N) is 2. The third-order valence-electron chi connectivity index (χ3n) is 3.08. The topological polar surface area (TPSA) is 97.3 Å². The molecule has 1 saturated heterocycles. The van der Waals surface area contributed by atoms with Crippen LogP contribution < -0.4 is 4.74 Å². The lowest BCUT2D eigenvalue weighted by molar-refractivity contribution is 0.0687. The fraction of sp³-hybridized carbons (Fsp3) is 0.267. The van der Waals surface area contributed by atoms with Gasteiger partial charge in [0.05, 0.1) is 0 Å². The summed E-state index contributed by atoms with van der Waals surface area (Å²) >= 11 is 0. The summed E-state index contributed by atoms with van der Waals surface area (Å²) in [5.74, 6) is 5.31. The van der Waals surface area contributed by atoms with Crippen LogP contribution in [0.15, 0.2) is 24.3 Å². The molecule has 112 valence electrons. The first-order chi connectivity index (χ1) is 10.7. The van der Waals surface area contributed by atoms with Crippen LogP contribution in [0.2, 0.25) is 0 Å². The third-order valence-corrected chi connectivity index (χ3v) is 3.08. The van der Waals surface area contributed by atoms with Crippen molar-refractivity contribution in [3.63, 3.8) is 0 Å². The molecule has 22 heavy (non-hydrogen) atoms. The van der Waals surface area contributed by atoms with Crippen LogP contribution in [0.1, 0.15) is 28.9 Å². The number of benzene rings is 1. The smallest absolute Gasteiger partial charge is 0.362 e. The lowest BCUT2D eigenvalue weighted by Gasteiger charge is -2.03. The molecule has 3 rings (SSSR count). The molecule has 7 nitrogen and oxygen atoms in total. The minimum atomic E-state index is -1.21. The molecule has 0 saturated carbocycles. The van der Waals surface area contributed by atoms with Crippen molar-refractivity contribution >= 4 is 5.97 Å². The van der Waals surface area contributed by atoms with E-state index in [0.29, 0.717) is 5.75 Å². The number of aromatic amines is 1. The maximum atomic E-state index is 11.0. The van der Waals surface area contributed by atoms with Gasteiger partial charge in [0.1, 0.15) is 11.9 Å². The van der Waals surface area contributed by atoms with E-state index < -0.39 is 5.97 Å². The number of H-pyrrole nitrogens is 1. The minimum absolute atomic E-state index is 0.0139. The van der Waals surface area contributed by atoms with E-state index in [1.54, 1.807) is 18.2 Å². The molecule has 1 aliphatic rings. The highest BCUT2D eigenvalue weighted by Gasteiger charge is 2.16. The lowest BCUT2D eigenvalue weighted by atomic mass is 10.2. The van der Waals surface area contributed by atoms with E-state index in [4.69, 9.17) is 14.6 Å². The van der Waals surface area contributed by atoms with Crippen molar-refractivity contribution in [3.05, 3.63) is 35.5 Å². The van der Waals surface area contributed by atoms with Gasteiger partial charge in [-0.1, -0.05) is 23.1 Å². The van der Waals surface area contributed by atoms with E-state index in [0.717, 1.165) is 25.0 Å². The zero-order chi connectivity index (χ0) is 15.4. The molecule has 0 aliphatic carbocycles. The third kappa shape index (κ3) is 3.24. The number of aromatic nitrogens is 3. The fourth-order valence-corrected chi connectivity index (χ4v) is 2.04. The highest BCUT2D eigenvalue weighted by atomic mass is 16.5. The molecule has 2 heterocycles. The van der Waals surface area contributed by atoms with Crippen molar-refractivity contribution in [2.45, 2.75) is 18.9 Å². The largest absolute Gasteiger partial charge is 0.476 e. The fourth-order valence-electron chi connectivity index (χ4n) is 2.04. The van der Waals surface area contributed by atoms with Crippen LogP contribution in [0.4, 0.5) is 0 Å². The summed E-state index contributed by atoms with van der Waals surface area (Å²) in [6.45, 7) is 0.757. The van der Waals surface area contributed by atoms with E-state index in [2.05, 4.69) is 27.3 Å². The molecule has 1 aliphatic heterocycles. The highest BCUT2D eigenvalue weighted by Crippen LogP contribution is 2.22. The first kappa shape index (κ1) is 14.1. The summed E-state index contributed by atoms with van der Waals surface area (Å²) in [6, 6.07) is 7.04. The van der Waals surface area contributed by atoms with Crippen LogP contribution in [0.25, 0.3) is 0 Å². The normalized spacial score (nSPS) is 16.8. The average molecular weight is 299 g/mol. The second-order valence-corrected chi connectivity index (χ2v) is 4.70. The Morgan fingerprint density at radius 1 is 1.50 bits per heavy atom.